The van der Waals surface area contributed by atoms with Gasteiger partial charge in [0.05, 0.1) is 17.4 Å². The summed E-state index contributed by atoms with van der Waals surface area (Å²) in [6.45, 7) is 0. The lowest BCUT2D eigenvalue weighted by atomic mass is 10.2. The average Bonchev–Trinajstić information content (AvgIpc) is 3.04. The van der Waals surface area contributed by atoms with Gasteiger partial charge >= 0.3 is 11.9 Å². The first-order valence-electron chi connectivity index (χ1n) is 5.73. The zero-order valence-corrected chi connectivity index (χ0v) is 10.3. The van der Waals surface area contributed by atoms with Crippen molar-refractivity contribution in [2.24, 2.45) is 0 Å². The molecule has 9 heteroatoms. The zero-order valence-electron chi connectivity index (χ0n) is 10.3. The van der Waals surface area contributed by atoms with Gasteiger partial charge in [-0.3, -0.25) is 0 Å². The molecule has 0 aliphatic heterocycles. The van der Waals surface area contributed by atoms with Gasteiger partial charge in [0.15, 0.2) is 5.69 Å². The van der Waals surface area contributed by atoms with Crippen LogP contribution in [0.25, 0.3) is 17.1 Å². The van der Waals surface area contributed by atoms with Crippen molar-refractivity contribution in [1.82, 2.24) is 20.0 Å². The van der Waals surface area contributed by atoms with Gasteiger partial charge in [-0.05, 0) is 12.1 Å². The fourth-order valence-corrected chi connectivity index (χ4v) is 1.89. The van der Waals surface area contributed by atoms with Crippen molar-refractivity contribution in [2.75, 3.05) is 0 Å². The van der Waals surface area contributed by atoms with Crippen molar-refractivity contribution in [3.63, 3.8) is 0 Å². The molecule has 0 fully saturated rings. The van der Waals surface area contributed by atoms with Gasteiger partial charge in [0.25, 0.3) is 5.89 Å². The minimum atomic E-state index is -4.70. The Morgan fingerprint density at radius 2 is 1.90 bits per heavy atom. The highest BCUT2D eigenvalue weighted by Gasteiger charge is 2.40. The molecule has 108 valence electrons. The van der Waals surface area contributed by atoms with Gasteiger partial charge in [0, 0.05) is 0 Å². The molecule has 6 nitrogen and oxygen atoms in total. The molecule has 0 radical (unpaired) electrons. The SMILES string of the molecule is O=c1[nH]nc(-c2cnn(-c3ccccc3)c2C(F)(F)F)o1. The highest BCUT2D eigenvalue weighted by atomic mass is 19.4. The molecule has 0 atom stereocenters. The number of H-pyrrole nitrogens is 1. The third kappa shape index (κ3) is 2.33. The fraction of sp³-hybridized carbons (Fsp3) is 0.0833. The molecule has 3 aromatic rings. The molecule has 0 unspecified atom stereocenters. The number of aromatic amines is 1. The van der Waals surface area contributed by atoms with Gasteiger partial charge in [-0.25, -0.2) is 14.6 Å². The molecule has 21 heavy (non-hydrogen) atoms. The minimum absolute atomic E-state index is 0.231. The van der Waals surface area contributed by atoms with Gasteiger partial charge in [0.2, 0.25) is 0 Å². The Morgan fingerprint density at radius 3 is 2.48 bits per heavy atom. The van der Waals surface area contributed by atoms with E-state index in [1.807, 2.05) is 5.10 Å². The van der Waals surface area contributed by atoms with Crippen LogP contribution in [0.3, 0.4) is 0 Å². The monoisotopic (exact) mass is 296 g/mol. The van der Waals surface area contributed by atoms with Crippen LogP contribution >= 0.6 is 0 Å². The van der Waals surface area contributed by atoms with Crippen LogP contribution in [0.5, 0.6) is 0 Å². The Hall–Kier alpha value is -2.84. The van der Waals surface area contributed by atoms with E-state index in [1.165, 1.54) is 12.1 Å². The lowest BCUT2D eigenvalue weighted by molar-refractivity contribution is -0.142. The van der Waals surface area contributed by atoms with E-state index in [-0.39, 0.29) is 5.69 Å². The summed E-state index contributed by atoms with van der Waals surface area (Å²) in [5.41, 5.74) is -1.25. The first-order valence-corrected chi connectivity index (χ1v) is 5.73. The van der Waals surface area contributed by atoms with Crippen LogP contribution in [0.15, 0.2) is 45.7 Å². The van der Waals surface area contributed by atoms with Crippen molar-refractivity contribution in [3.05, 3.63) is 52.8 Å². The van der Waals surface area contributed by atoms with Crippen LogP contribution in [-0.4, -0.2) is 20.0 Å². The minimum Gasteiger partial charge on any atom is -0.388 e. The molecule has 2 heterocycles. The summed E-state index contributed by atoms with van der Waals surface area (Å²) in [6.07, 6.45) is -3.74. The van der Waals surface area contributed by atoms with Crippen LogP contribution in [0, 0.1) is 0 Å². The lowest BCUT2D eigenvalue weighted by Gasteiger charge is -2.11. The second kappa shape index (κ2) is 4.62. The Kier molecular flexibility index (Phi) is 2.89. The summed E-state index contributed by atoms with van der Waals surface area (Å²) < 4.78 is 45.2. The summed E-state index contributed by atoms with van der Waals surface area (Å²) in [7, 11) is 0. The smallest absolute Gasteiger partial charge is 0.388 e. The second-order valence-electron chi connectivity index (χ2n) is 4.07. The standard InChI is InChI=1S/C12H7F3N4O2/c13-12(14,15)9-8(10-17-18-11(20)21-10)6-16-19(9)7-4-2-1-3-5-7/h1-6H,(H,18,20). The molecular formula is C12H7F3N4O2. The summed E-state index contributed by atoms with van der Waals surface area (Å²) in [6, 6.07) is 7.81. The number of nitrogens with zero attached hydrogens (tertiary/aromatic N) is 3. The van der Waals surface area contributed by atoms with Crippen molar-refractivity contribution >= 4 is 0 Å². The first-order chi connectivity index (χ1) is 9.97. The number of rotatable bonds is 2. The van der Waals surface area contributed by atoms with E-state index >= 15 is 0 Å². The fourth-order valence-electron chi connectivity index (χ4n) is 1.89. The van der Waals surface area contributed by atoms with E-state index in [2.05, 4.69) is 14.6 Å². The molecular weight excluding hydrogens is 289 g/mol. The molecule has 0 saturated carbocycles. The van der Waals surface area contributed by atoms with E-state index < -0.39 is 29.1 Å². The predicted octanol–water partition coefficient (Wildman–Crippen LogP) is 2.23. The number of alkyl halides is 3. The molecule has 1 aromatic carbocycles. The average molecular weight is 296 g/mol. The number of benzene rings is 1. The molecule has 0 saturated heterocycles. The van der Waals surface area contributed by atoms with Crippen LogP contribution in [-0.2, 0) is 6.18 Å². The van der Waals surface area contributed by atoms with Gasteiger partial charge in [0.1, 0.15) is 0 Å². The Bertz CT molecular complexity index is 817. The molecule has 1 N–H and O–H groups in total. The van der Waals surface area contributed by atoms with Crippen molar-refractivity contribution in [3.8, 4) is 17.1 Å². The molecule has 3 rings (SSSR count). The first kappa shape index (κ1) is 13.2. The summed E-state index contributed by atoms with van der Waals surface area (Å²) in [5, 5.41) is 9.05. The Balaban J connectivity index is 2.24. The number of hydrogen-bond acceptors (Lipinski definition) is 4. The molecule has 2 aromatic heterocycles. The number of halogens is 3. The van der Waals surface area contributed by atoms with E-state index in [0.717, 1.165) is 10.9 Å². The van der Waals surface area contributed by atoms with Gasteiger partial charge in [-0.1, -0.05) is 18.2 Å². The summed E-state index contributed by atoms with van der Waals surface area (Å²) in [4.78, 5) is 10.9. The number of nitrogens with one attached hydrogen (secondary N) is 1. The quantitative estimate of drug-likeness (QED) is 0.786. The van der Waals surface area contributed by atoms with Gasteiger partial charge in [-0.15, -0.1) is 5.10 Å². The van der Waals surface area contributed by atoms with Crippen molar-refractivity contribution in [2.45, 2.75) is 6.18 Å². The molecule has 0 spiro atoms. The maximum atomic E-state index is 13.3. The van der Waals surface area contributed by atoms with Crippen LogP contribution in [0.2, 0.25) is 0 Å². The van der Waals surface area contributed by atoms with Crippen molar-refractivity contribution in [1.29, 1.82) is 0 Å². The zero-order chi connectivity index (χ0) is 15.0. The van der Waals surface area contributed by atoms with E-state index in [0.29, 0.717) is 0 Å². The maximum absolute atomic E-state index is 13.3. The number of hydrogen-bond donors (Lipinski definition) is 1. The number of aromatic nitrogens is 4. The predicted molar refractivity (Wildman–Crippen MR) is 64.7 cm³/mol. The molecule has 0 aliphatic carbocycles. The van der Waals surface area contributed by atoms with Crippen LogP contribution in [0.4, 0.5) is 13.2 Å². The maximum Gasteiger partial charge on any atom is 0.434 e. The Labute approximate surface area is 114 Å². The molecule has 0 amide bonds. The molecule has 0 aliphatic rings. The lowest BCUT2D eigenvalue weighted by Crippen LogP contribution is -2.14. The topological polar surface area (TPSA) is 76.7 Å². The van der Waals surface area contributed by atoms with E-state index in [4.69, 9.17) is 0 Å². The second-order valence-corrected chi connectivity index (χ2v) is 4.07. The third-order valence-corrected chi connectivity index (χ3v) is 2.71. The highest BCUT2D eigenvalue weighted by Crippen LogP contribution is 2.37. The summed E-state index contributed by atoms with van der Waals surface area (Å²) in [5.74, 6) is -1.40. The van der Waals surface area contributed by atoms with Crippen molar-refractivity contribution < 1.29 is 17.6 Å². The third-order valence-electron chi connectivity index (χ3n) is 2.71. The van der Waals surface area contributed by atoms with Gasteiger partial charge < -0.3 is 4.42 Å². The van der Waals surface area contributed by atoms with E-state index in [9.17, 15) is 18.0 Å². The largest absolute Gasteiger partial charge is 0.434 e. The van der Waals surface area contributed by atoms with Crippen LogP contribution in [0.1, 0.15) is 5.69 Å². The summed E-state index contributed by atoms with van der Waals surface area (Å²) >= 11 is 0. The number of para-hydroxylation sites is 1. The molecule has 0 bridgehead atoms. The van der Waals surface area contributed by atoms with Gasteiger partial charge in [-0.2, -0.15) is 18.3 Å². The normalized spacial score (nSPS) is 11.8. The Morgan fingerprint density at radius 1 is 1.19 bits per heavy atom. The highest BCUT2D eigenvalue weighted by molar-refractivity contribution is 5.57. The van der Waals surface area contributed by atoms with Crippen LogP contribution < -0.4 is 5.76 Å². The van der Waals surface area contributed by atoms with E-state index in [1.54, 1.807) is 18.2 Å².